The number of amides is 4. The summed E-state index contributed by atoms with van der Waals surface area (Å²) in [6.07, 6.45) is 7.21. The highest BCUT2D eigenvalue weighted by Crippen LogP contribution is 2.55. The first-order valence-corrected chi connectivity index (χ1v) is 35.3. The molecule has 1 heterocycles. The number of rotatable bonds is 16. The Bertz CT molecular complexity index is 4480. The Morgan fingerprint density at radius 3 is 0.932 bits per heavy atom. The maximum Gasteiger partial charge on any atom is 0.282 e. The van der Waals surface area contributed by atoms with E-state index >= 15 is 0 Å². The van der Waals surface area contributed by atoms with Gasteiger partial charge in [-0.05, 0) is 220 Å². The summed E-state index contributed by atoms with van der Waals surface area (Å²) < 4.78 is 120. The fraction of sp³-hybridized carbons (Fsp3) is 0.148. The molecule has 1 aromatic heterocycles. The first kappa shape index (κ1) is 77.2. The quantitative estimate of drug-likeness (QED) is 0.0631. The number of nitrogens with zero attached hydrogens (tertiary/aromatic N) is 2. The molecule has 12 rings (SSSR count). The highest BCUT2D eigenvalue weighted by molar-refractivity contribution is 8.15. The summed E-state index contributed by atoms with van der Waals surface area (Å²) in [6, 6.07) is 67.0. The number of primary amides is 3. The van der Waals surface area contributed by atoms with Crippen molar-refractivity contribution in [2.75, 3.05) is 14.1 Å². The number of carbonyl (C=O) groups excluding carboxylic acids is 4. The van der Waals surface area contributed by atoms with E-state index in [9.17, 15) is 58.7 Å². The van der Waals surface area contributed by atoms with Crippen LogP contribution in [0, 0.1) is 58.3 Å². The number of hydrogen-bond acceptors (Lipinski definition) is 9. The van der Waals surface area contributed by atoms with Crippen LogP contribution < -0.4 is 17.2 Å². The summed E-state index contributed by atoms with van der Waals surface area (Å²) in [5.74, 6) is -3.69. The van der Waals surface area contributed by atoms with Crippen molar-refractivity contribution in [1.29, 1.82) is 0 Å². The van der Waals surface area contributed by atoms with Crippen molar-refractivity contribution < 1.29 is 58.7 Å². The second-order valence-electron chi connectivity index (χ2n) is 23.7. The monoisotopic (exact) mass is 1470 g/mol. The molecule has 1 saturated carbocycles. The van der Waals surface area contributed by atoms with Crippen LogP contribution in [0.5, 0.6) is 0 Å². The minimum atomic E-state index is -1.39. The van der Waals surface area contributed by atoms with Crippen LogP contribution in [0.1, 0.15) is 93.4 Å². The molecule has 22 heteroatoms. The minimum absolute atomic E-state index is 0.169. The zero-order valence-electron chi connectivity index (χ0n) is 55.4. The number of hydrogen-bond donors (Lipinski definition) is 3. The molecule has 0 saturated heterocycles. The number of halogens is 9. The van der Waals surface area contributed by atoms with Gasteiger partial charge in [-0.15, -0.1) is 0 Å². The molecule has 1 fully saturated rings. The SMILES string of the molecule is CN(C)C(=O)SC(c1ccc(F)cc1)(c1ccc(F)cc1)c1ccc(F)cc1.NC(=O)SC(c1ccc(F)cc1)(c1ccc(F)cc1)c1ccccc1F.NC(=O)SC(c1ccc(F)cc1)(c1ccccn1)C1CCCCC1.NC(=O)SC(c1ccccc1)(c1ccc(F)cc1)c1ccccc1F. The lowest BCUT2D eigenvalue weighted by atomic mass is 9.74. The third-order valence-corrected chi connectivity index (χ3v) is 22.3. The van der Waals surface area contributed by atoms with Crippen LogP contribution in [0.25, 0.3) is 0 Å². The molecule has 528 valence electrons. The summed E-state index contributed by atoms with van der Waals surface area (Å²) in [5, 5.41) is -2.09. The van der Waals surface area contributed by atoms with E-state index in [1.165, 1.54) is 145 Å². The molecular weight excluding hydrogens is 1410 g/mol. The van der Waals surface area contributed by atoms with Gasteiger partial charge in [0, 0.05) is 31.4 Å². The van der Waals surface area contributed by atoms with Gasteiger partial charge in [0.2, 0.25) is 0 Å². The average molecular weight is 1470 g/mol. The molecule has 6 N–H and O–H groups in total. The van der Waals surface area contributed by atoms with Gasteiger partial charge in [-0.3, -0.25) is 24.2 Å². The van der Waals surface area contributed by atoms with Crippen molar-refractivity contribution in [2.24, 2.45) is 23.1 Å². The Morgan fingerprint density at radius 1 is 0.340 bits per heavy atom. The molecule has 2 atom stereocenters. The summed E-state index contributed by atoms with van der Waals surface area (Å²) in [6.45, 7) is 0. The molecular formula is C81H68F9N5O4S4. The van der Waals surface area contributed by atoms with Crippen LogP contribution in [-0.2, 0) is 19.0 Å². The van der Waals surface area contributed by atoms with Gasteiger partial charge < -0.3 is 22.1 Å². The Morgan fingerprint density at radius 2 is 0.631 bits per heavy atom. The molecule has 1 aliphatic carbocycles. The Balaban J connectivity index is 0.000000160. The van der Waals surface area contributed by atoms with Crippen LogP contribution in [-0.4, -0.2) is 44.9 Å². The fourth-order valence-electron chi connectivity index (χ4n) is 12.5. The maximum atomic E-state index is 14.8. The van der Waals surface area contributed by atoms with E-state index in [0.717, 1.165) is 72.2 Å². The largest absolute Gasteiger partial charge is 0.360 e. The van der Waals surface area contributed by atoms with Crippen molar-refractivity contribution in [3.05, 3.63) is 387 Å². The second kappa shape index (κ2) is 35.3. The zero-order chi connectivity index (χ0) is 73.9. The summed E-state index contributed by atoms with van der Waals surface area (Å²) >= 11 is 3.61. The number of benzene rings is 10. The van der Waals surface area contributed by atoms with Crippen LogP contribution in [0.4, 0.5) is 58.7 Å². The van der Waals surface area contributed by atoms with E-state index in [1.54, 1.807) is 129 Å². The molecule has 0 aliphatic heterocycles. The minimum Gasteiger partial charge on any atom is -0.360 e. The van der Waals surface area contributed by atoms with Crippen LogP contribution >= 0.6 is 47.0 Å². The van der Waals surface area contributed by atoms with Crippen molar-refractivity contribution in [2.45, 2.75) is 51.1 Å². The number of pyridine rings is 1. The molecule has 0 bridgehead atoms. The normalized spacial score (nSPS) is 13.3. The van der Waals surface area contributed by atoms with Gasteiger partial charge in [-0.25, -0.2) is 39.5 Å². The first-order valence-electron chi connectivity index (χ1n) is 32.1. The molecule has 9 nitrogen and oxygen atoms in total. The first-order chi connectivity index (χ1) is 49.4. The van der Waals surface area contributed by atoms with Crippen LogP contribution in [0.3, 0.4) is 0 Å². The lowest BCUT2D eigenvalue weighted by Crippen LogP contribution is -2.37. The van der Waals surface area contributed by atoms with Crippen molar-refractivity contribution in [1.82, 2.24) is 9.88 Å². The summed E-state index contributed by atoms with van der Waals surface area (Å²) in [5.41, 5.74) is 22.7. The fourth-order valence-corrected chi connectivity index (χ4v) is 17.1. The number of carbonyl (C=O) groups is 4. The highest BCUT2D eigenvalue weighted by Gasteiger charge is 2.47. The smallest absolute Gasteiger partial charge is 0.282 e. The van der Waals surface area contributed by atoms with E-state index in [-0.39, 0.29) is 28.1 Å². The predicted octanol–water partition coefficient (Wildman–Crippen LogP) is 20.9. The molecule has 10 aromatic carbocycles. The summed E-state index contributed by atoms with van der Waals surface area (Å²) in [7, 11) is 3.25. The molecule has 103 heavy (non-hydrogen) atoms. The van der Waals surface area contributed by atoms with E-state index in [1.807, 2.05) is 24.3 Å². The number of nitrogens with two attached hydrogens (primary N) is 3. The second-order valence-corrected chi connectivity index (χ2v) is 28.6. The van der Waals surface area contributed by atoms with Gasteiger partial charge in [0.05, 0.1) is 10.4 Å². The third kappa shape index (κ3) is 18.3. The lowest BCUT2D eigenvalue weighted by Gasteiger charge is -2.41. The Hall–Kier alpha value is -10.0. The van der Waals surface area contributed by atoms with E-state index in [4.69, 9.17) is 17.2 Å². The molecule has 2 unspecified atom stereocenters. The van der Waals surface area contributed by atoms with Crippen LogP contribution in [0.15, 0.2) is 273 Å². The molecule has 0 radical (unpaired) electrons. The zero-order valence-corrected chi connectivity index (χ0v) is 58.7. The average Bonchev–Trinajstić information content (AvgIpc) is 0.774. The van der Waals surface area contributed by atoms with E-state index < -0.39 is 81.2 Å². The Labute approximate surface area is 607 Å². The predicted molar refractivity (Wildman–Crippen MR) is 393 cm³/mol. The van der Waals surface area contributed by atoms with Gasteiger partial charge in [-0.1, -0.05) is 177 Å². The Kier molecular flexibility index (Phi) is 26.4. The summed E-state index contributed by atoms with van der Waals surface area (Å²) in [4.78, 5) is 54.5. The van der Waals surface area contributed by atoms with Gasteiger partial charge in [-0.2, -0.15) is 0 Å². The maximum absolute atomic E-state index is 14.8. The topological polar surface area (TPSA) is 162 Å². The molecule has 11 aromatic rings. The van der Waals surface area contributed by atoms with Crippen molar-refractivity contribution >= 4 is 68.0 Å². The highest BCUT2D eigenvalue weighted by atomic mass is 32.2. The number of thioether (sulfide) groups is 4. The van der Waals surface area contributed by atoms with E-state index in [0.29, 0.717) is 50.7 Å². The number of aromatic nitrogens is 1. The van der Waals surface area contributed by atoms with Crippen molar-refractivity contribution in [3.8, 4) is 0 Å². The van der Waals surface area contributed by atoms with Crippen LogP contribution in [0.2, 0.25) is 0 Å². The van der Waals surface area contributed by atoms with Gasteiger partial charge in [0.15, 0.2) is 0 Å². The molecule has 4 amide bonds. The standard InChI is InChI=1S/C22H18F3NOS.C20H14F3NOS.C20H15F2NOS.C19H21FN2OS/c1-26(2)21(27)28-22(15-3-9-18(23)10-4-15,16-5-11-19(24)12-6-16)17-7-13-20(25)14-8-17;21-15-9-5-13(6-10-15)20(26-19(24)25,14-7-11-16(22)12-8-14)17-3-1-2-4-18(17)23;21-16-12-10-15(11-13-16)20(25-19(23)24,14-6-2-1-3-7-14)17-8-4-5-9-18(17)22;20-16-11-9-15(10-12-16)19(24-18(21)23,14-6-2-1-3-7-14)17-8-4-5-13-22-17/h3-14H,1-2H3;1-12H,(H2,24,25);1-13H,(H2,23,24);4-5,8-14H,1-3,6-7H2,(H2,21,23). The molecule has 0 spiro atoms. The van der Waals surface area contributed by atoms with Gasteiger partial charge in [0.25, 0.3) is 21.0 Å². The van der Waals surface area contributed by atoms with Gasteiger partial charge >= 0.3 is 0 Å². The van der Waals surface area contributed by atoms with E-state index in [2.05, 4.69) is 4.98 Å². The van der Waals surface area contributed by atoms with Crippen molar-refractivity contribution in [3.63, 3.8) is 0 Å². The lowest BCUT2D eigenvalue weighted by molar-refractivity contribution is 0.241. The third-order valence-electron chi connectivity index (χ3n) is 17.1. The van der Waals surface area contributed by atoms with Gasteiger partial charge in [0.1, 0.15) is 66.6 Å². The molecule has 1 aliphatic rings.